The summed E-state index contributed by atoms with van der Waals surface area (Å²) >= 11 is 0. The van der Waals surface area contributed by atoms with E-state index < -0.39 is 5.60 Å². The van der Waals surface area contributed by atoms with Gasteiger partial charge in [0.05, 0.1) is 11.8 Å². The molecule has 114 valence electrons. The molecule has 1 fully saturated rings. The lowest BCUT2D eigenvalue weighted by Gasteiger charge is -2.26. The minimum Gasteiger partial charge on any atom is -0.385 e. The Bertz CT molecular complexity index is 640. The highest BCUT2D eigenvalue weighted by Gasteiger charge is 2.39. The lowest BCUT2D eigenvalue weighted by molar-refractivity contribution is -0.0176. The molecule has 2 N–H and O–H groups in total. The van der Waals surface area contributed by atoms with Gasteiger partial charge in [0.1, 0.15) is 11.1 Å². The summed E-state index contributed by atoms with van der Waals surface area (Å²) in [6.45, 7) is 7.15. The molecule has 2 aromatic rings. The first kappa shape index (κ1) is 14.3. The summed E-state index contributed by atoms with van der Waals surface area (Å²) in [5.74, 6) is 1.11. The first-order valence-electron chi connectivity index (χ1n) is 7.42. The molecule has 1 saturated heterocycles. The second-order valence-electron chi connectivity index (χ2n) is 6.05. The summed E-state index contributed by atoms with van der Waals surface area (Å²) in [7, 11) is 0. The van der Waals surface area contributed by atoms with Crippen LogP contribution in [0.5, 0.6) is 0 Å². The van der Waals surface area contributed by atoms with Crippen LogP contribution in [0.3, 0.4) is 0 Å². The van der Waals surface area contributed by atoms with E-state index in [0.29, 0.717) is 25.5 Å². The van der Waals surface area contributed by atoms with Gasteiger partial charge in [-0.05, 0) is 18.9 Å². The molecule has 0 bridgehead atoms. The molecule has 21 heavy (non-hydrogen) atoms. The molecular formula is C15H22N4O2. The van der Waals surface area contributed by atoms with Gasteiger partial charge in [-0.15, -0.1) is 0 Å². The number of hydrogen-bond acceptors (Lipinski definition) is 5. The van der Waals surface area contributed by atoms with Crippen LogP contribution < -0.4 is 5.32 Å². The van der Waals surface area contributed by atoms with E-state index in [2.05, 4.69) is 29.2 Å². The van der Waals surface area contributed by atoms with Crippen molar-refractivity contribution in [2.24, 2.45) is 0 Å². The smallest absolute Gasteiger partial charge is 0.152 e. The van der Waals surface area contributed by atoms with Crippen LogP contribution in [0.4, 0.5) is 5.82 Å². The molecule has 3 heterocycles. The highest BCUT2D eigenvalue weighted by Crippen LogP contribution is 2.27. The zero-order chi connectivity index (χ0) is 15.0. The van der Waals surface area contributed by atoms with Gasteiger partial charge in [-0.2, -0.15) is 5.10 Å². The summed E-state index contributed by atoms with van der Waals surface area (Å²) in [6.07, 6.45) is 4.02. The molecule has 0 aromatic carbocycles. The quantitative estimate of drug-likeness (QED) is 0.898. The highest BCUT2D eigenvalue weighted by molar-refractivity contribution is 5.68. The molecule has 2 atom stereocenters. The van der Waals surface area contributed by atoms with Crippen molar-refractivity contribution in [2.75, 3.05) is 18.5 Å². The van der Waals surface area contributed by atoms with Crippen molar-refractivity contribution >= 4 is 11.3 Å². The molecule has 0 spiro atoms. The van der Waals surface area contributed by atoms with Crippen LogP contribution in [-0.2, 0) is 4.74 Å². The maximum Gasteiger partial charge on any atom is 0.152 e. The third-order valence-corrected chi connectivity index (χ3v) is 4.22. The summed E-state index contributed by atoms with van der Waals surface area (Å²) in [5.41, 5.74) is 1.12. The van der Waals surface area contributed by atoms with Gasteiger partial charge in [0.2, 0.25) is 0 Å². The van der Waals surface area contributed by atoms with Crippen LogP contribution in [-0.4, -0.2) is 44.6 Å². The summed E-state index contributed by atoms with van der Waals surface area (Å²) < 4.78 is 7.27. The van der Waals surface area contributed by atoms with Crippen LogP contribution in [0.2, 0.25) is 0 Å². The lowest BCUT2D eigenvalue weighted by atomic mass is 9.97. The van der Waals surface area contributed by atoms with E-state index in [1.54, 1.807) is 6.20 Å². The summed E-state index contributed by atoms with van der Waals surface area (Å²) in [6, 6.07) is 2.04. The summed E-state index contributed by atoms with van der Waals surface area (Å²) in [5, 5.41) is 18.3. The molecule has 0 saturated carbocycles. The van der Waals surface area contributed by atoms with Crippen molar-refractivity contribution in [3.05, 3.63) is 24.2 Å². The summed E-state index contributed by atoms with van der Waals surface area (Å²) in [4.78, 5) is 4.37. The fraction of sp³-hybridized carbons (Fsp3) is 0.600. The number of nitrogens with zero attached hydrogens (tertiary/aromatic N) is 3. The highest BCUT2D eigenvalue weighted by atomic mass is 16.5. The van der Waals surface area contributed by atoms with Crippen molar-refractivity contribution in [2.45, 2.75) is 44.8 Å². The molecule has 2 aromatic heterocycles. The Morgan fingerprint density at radius 3 is 3.05 bits per heavy atom. The number of nitrogens with one attached hydrogen (secondary N) is 1. The van der Waals surface area contributed by atoms with Crippen LogP contribution in [0.1, 0.15) is 38.8 Å². The molecule has 0 amide bonds. The SMILES string of the molecule is CC(C)c1cc2c(NCC3(O)CCOC3C)nccn2n1. The van der Waals surface area contributed by atoms with Crippen molar-refractivity contribution in [3.8, 4) is 0 Å². The van der Waals surface area contributed by atoms with Crippen LogP contribution >= 0.6 is 0 Å². The van der Waals surface area contributed by atoms with Gasteiger partial charge in [0.15, 0.2) is 5.82 Å². The Labute approximate surface area is 124 Å². The van der Waals surface area contributed by atoms with Gasteiger partial charge in [-0.3, -0.25) is 0 Å². The fourth-order valence-electron chi connectivity index (χ4n) is 2.60. The topological polar surface area (TPSA) is 71.7 Å². The Kier molecular flexibility index (Phi) is 3.59. The van der Waals surface area contributed by atoms with Gasteiger partial charge >= 0.3 is 0 Å². The second kappa shape index (κ2) is 5.27. The predicted octanol–water partition coefficient (Wildman–Crippen LogP) is 1.80. The van der Waals surface area contributed by atoms with Gasteiger partial charge in [-0.1, -0.05) is 13.8 Å². The fourth-order valence-corrected chi connectivity index (χ4v) is 2.60. The monoisotopic (exact) mass is 290 g/mol. The zero-order valence-corrected chi connectivity index (χ0v) is 12.7. The maximum atomic E-state index is 10.5. The predicted molar refractivity (Wildman–Crippen MR) is 80.5 cm³/mol. The average Bonchev–Trinajstić information content (AvgIpc) is 3.02. The molecule has 6 heteroatoms. The van der Waals surface area contributed by atoms with E-state index in [9.17, 15) is 5.11 Å². The first-order valence-corrected chi connectivity index (χ1v) is 7.42. The number of aromatic nitrogens is 3. The molecular weight excluding hydrogens is 268 g/mol. The molecule has 0 aliphatic carbocycles. The third kappa shape index (κ3) is 2.61. The maximum absolute atomic E-state index is 10.5. The number of ether oxygens (including phenoxy) is 1. The van der Waals surface area contributed by atoms with E-state index in [4.69, 9.17) is 4.74 Å². The first-order chi connectivity index (χ1) is 9.99. The van der Waals surface area contributed by atoms with Crippen LogP contribution in [0.15, 0.2) is 18.5 Å². The van der Waals surface area contributed by atoms with Crippen LogP contribution in [0.25, 0.3) is 5.52 Å². The number of aliphatic hydroxyl groups is 1. The van der Waals surface area contributed by atoms with Crippen molar-refractivity contribution < 1.29 is 9.84 Å². The lowest BCUT2D eigenvalue weighted by Crippen LogP contribution is -2.43. The van der Waals surface area contributed by atoms with E-state index in [1.165, 1.54) is 0 Å². The van der Waals surface area contributed by atoms with Crippen molar-refractivity contribution in [3.63, 3.8) is 0 Å². The van der Waals surface area contributed by atoms with Crippen molar-refractivity contribution in [1.29, 1.82) is 0 Å². The normalized spacial score (nSPS) is 25.9. The van der Waals surface area contributed by atoms with Crippen LogP contribution in [0, 0.1) is 0 Å². The second-order valence-corrected chi connectivity index (χ2v) is 6.05. The molecule has 6 nitrogen and oxygen atoms in total. The molecule has 1 aliphatic rings. The van der Waals surface area contributed by atoms with E-state index in [-0.39, 0.29) is 6.10 Å². The minimum atomic E-state index is -0.838. The Hall–Kier alpha value is -1.66. The Morgan fingerprint density at radius 2 is 2.38 bits per heavy atom. The molecule has 3 rings (SSSR count). The van der Waals surface area contributed by atoms with Gasteiger partial charge in [0.25, 0.3) is 0 Å². The van der Waals surface area contributed by atoms with E-state index in [0.717, 1.165) is 17.0 Å². The van der Waals surface area contributed by atoms with E-state index >= 15 is 0 Å². The van der Waals surface area contributed by atoms with Crippen molar-refractivity contribution in [1.82, 2.24) is 14.6 Å². The Morgan fingerprint density at radius 1 is 1.57 bits per heavy atom. The largest absolute Gasteiger partial charge is 0.385 e. The molecule has 0 radical (unpaired) electrons. The van der Waals surface area contributed by atoms with Gasteiger partial charge in [-0.25, -0.2) is 9.50 Å². The standard InChI is InChI=1S/C15H22N4O2/c1-10(2)12-8-13-14(16-5-6-19(13)18-12)17-9-15(20)4-7-21-11(15)3/h5-6,8,10-11,20H,4,7,9H2,1-3H3,(H,16,17). The minimum absolute atomic E-state index is 0.166. The number of hydrogen-bond donors (Lipinski definition) is 2. The molecule has 1 aliphatic heterocycles. The number of fused-ring (bicyclic) bond motifs is 1. The number of anilines is 1. The Balaban J connectivity index is 1.84. The molecule has 2 unspecified atom stereocenters. The number of rotatable bonds is 4. The third-order valence-electron chi connectivity index (χ3n) is 4.22. The van der Waals surface area contributed by atoms with Gasteiger partial charge in [0, 0.05) is 32.0 Å². The van der Waals surface area contributed by atoms with Gasteiger partial charge < -0.3 is 15.2 Å². The zero-order valence-electron chi connectivity index (χ0n) is 12.7. The average molecular weight is 290 g/mol. The van der Waals surface area contributed by atoms with E-state index in [1.807, 2.05) is 23.7 Å².